The molecule has 0 radical (unpaired) electrons. The van der Waals surface area contributed by atoms with E-state index in [1.807, 2.05) is 24.3 Å². The van der Waals surface area contributed by atoms with Gasteiger partial charge in [-0.25, -0.2) is 0 Å². The van der Waals surface area contributed by atoms with Crippen LogP contribution in [-0.2, 0) is 0 Å². The van der Waals surface area contributed by atoms with Gasteiger partial charge in [-0.1, -0.05) is 19.1 Å². The summed E-state index contributed by atoms with van der Waals surface area (Å²) in [5.41, 5.74) is 2.29. The first-order valence-corrected chi connectivity index (χ1v) is 6.66. The van der Waals surface area contributed by atoms with Gasteiger partial charge in [0.15, 0.2) is 0 Å². The molecule has 0 spiro atoms. The largest absolute Gasteiger partial charge is 0.494 e. The van der Waals surface area contributed by atoms with E-state index in [1.165, 1.54) is 0 Å². The van der Waals surface area contributed by atoms with E-state index >= 15 is 0 Å². The van der Waals surface area contributed by atoms with Crippen molar-refractivity contribution in [2.24, 2.45) is 0 Å². The van der Waals surface area contributed by atoms with Gasteiger partial charge in [0, 0.05) is 24.4 Å². The lowest BCUT2D eigenvalue weighted by atomic mass is 10.1. The lowest BCUT2D eigenvalue weighted by Gasteiger charge is -2.07. The number of amides is 1. The zero-order valence-corrected chi connectivity index (χ0v) is 11.7. The quantitative estimate of drug-likeness (QED) is 0.909. The van der Waals surface area contributed by atoms with Crippen molar-refractivity contribution in [2.75, 3.05) is 13.7 Å². The Morgan fingerprint density at radius 2 is 2.15 bits per heavy atom. The van der Waals surface area contributed by atoms with E-state index in [-0.39, 0.29) is 5.91 Å². The number of hydrogen-bond acceptors (Lipinski definition) is 3. The van der Waals surface area contributed by atoms with Crippen molar-refractivity contribution in [2.45, 2.75) is 13.3 Å². The van der Waals surface area contributed by atoms with Crippen LogP contribution in [-0.4, -0.2) is 24.5 Å². The average Bonchev–Trinajstić information content (AvgIpc) is 2.52. The Balaban J connectivity index is 2.29. The first-order valence-electron chi connectivity index (χ1n) is 6.66. The maximum Gasteiger partial charge on any atom is 0.251 e. The van der Waals surface area contributed by atoms with Gasteiger partial charge >= 0.3 is 0 Å². The average molecular weight is 270 g/mol. The Labute approximate surface area is 118 Å². The Bertz CT molecular complexity index is 597. The topological polar surface area (TPSA) is 51.2 Å². The molecule has 4 heteroatoms. The van der Waals surface area contributed by atoms with E-state index in [2.05, 4.69) is 17.2 Å². The Morgan fingerprint density at radius 1 is 1.30 bits per heavy atom. The smallest absolute Gasteiger partial charge is 0.251 e. The maximum atomic E-state index is 11.6. The molecule has 0 bridgehead atoms. The van der Waals surface area contributed by atoms with Crippen LogP contribution in [0.3, 0.4) is 0 Å². The highest BCUT2D eigenvalue weighted by Gasteiger charge is 2.07. The fourth-order valence-corrected chi connectivity index (χ4v) is 1.84. The molecular formula is C16H18N2O2. The summed E-state index contributed by atoms with van der Waals surface area (Å²) in [6, 6.07) is 11.2. The van der Waals surface area contributed by atoms with E-state index in [4.69, 9.17) is 4.74 Å². The van der Waals surface area contributed by atoms with Crippen LogP contribution in [0.15, 0.2) is 42.6 Å². The van der Waals surface area contributed by atoms with Gasteiger partial charge < -0.3 is 10.1 Å². The first-order chi connectivity index (χ1) is 9.74. The molecule has 0 atom stereocenters. The van der Waals surface area contributed by atoms with Crippen LogP contribution >= 0.6 is 0 Å². The van der Waals surface area contributed by atoms with E-state index in [1.54, 1.807) is 25.4 Å². The highest BCUT2D eigenvalue weighted by atomic mass is 16.5. The van der Waals surface area contributed by atoms with Crippen molar-refractivity contribution in [3.05, 3.63) is 48.2 Å². The summed E-state index contributed by atoms with van der Waals surface area (Å²) in [6.07, 6.45) is 2.61. The zero-order chi connectivity index (χ0) is 14.4. The fraction of sp³-hybridized carbons (Fsp3) is 0.250. The Kier molecular flexibility index (Phi) is 4.71. The normalized spacial score (nSPS) is 10.1. The molecule has 20 heavy (non-hydrogen) atoms. The van der Waals surface area contributed by atoms with Crippen molar-refractivity contribution in [1.82, 2.24) is 10.3 Å². The number of rotatable bonds is 5. The highest BCUT2D eigenvalue weighted by Crippen LogP contribution is 2.23. The monoisotopic (exact) mass is 270 g/mol. The number of aromatic nitrogens is 1. The van der Waals surface area contributed by atoms with Gasteiger partial charge in [-0.05, 0) is 30.7 Å². The van der Waals surface area contributed by atoms with Gasteiger partial charge in [0.1, 0.15) is 5.75 Å². The molecule has 4 nitrogen and oxygen atoms in total. The lowest BCUT2D eigenvalue weighted by Crippen LogP contribution is -2.17. The summed E-state index contributed by atoms with van der Waals surface area (Å²) in [5.74, 6) is 0.698. The van der Waals surface area contributed by atoms with Crippen LogP contribution in [0.2, 0.25) is 0 Å². The summed E-state index contributed by atoms with van der Waals surface area (Å²) in [6.45, 7) is 2.76. The number of benzene rings is 1. The van der Waals surface area contributed by atoms with Gasteiger partial charge in [0.05, 0.1) is 12.3 Å². The third kappa shape index (κ3) is 3.35. The molecule has 2 aromatic rings. The van der Waals surface area contributed by atoms with Gasteiger partial charge in [0.2, 0.25) is 0 Å². The molecule has 0 aliphatic heterocycles. The van der Waals surface area contributed by atoms with E-state index in [9.17, 15) is 4.79 Å². The predicted octanol–water partition coefficient (Wildman–Crippen LogP) is 2.90. The van der Waals surface area contributed by atoms with Crippen molar-refractivity contribution >= 4 is 5.91 Å². The third-order valence-electron chi connectivity index (χ3n) is 2.85. The van der Waals surface area contributed by atoms with Crippen LogP contribution in [0.5, 0.6) is 5.75 Å². The SMILES string of the molecule is CCCOc1cccc(-c2cc(C(=O)NC)ccn2)c1. The number of carbonyl (C=O) groups is 1. The molecule has 1 N–H and O–H groups in total. The minimum absolute atomic E-state index is 0.118. The van der Waals surface area contributed by atoms with Crippen molar-refractivity contribution in [3.63, 3.8) is 0 Å². The van der Waals surface area contributed by atoms with Gasteiger partial charge in [-0.15, -0.1) is 0 Å². The van der Waals surface area contributed by atoms with Gasteiger partial charge in [-0.3, -0.25) is 9.78 Å². The number of hydrogen-bond donors (Lipinski definition) is 1. The minimum atomic E-state index is -0.118. The van der Waals surface area contributed by atoms with Crippen LogP contribution in [0, 0.1) is 0 Å². The summed E-state index contributed by atoms with van der Waals surface area (Å²) in [4.78, 5) is 16.0. The summed E-state index contributed by atoms with van der Waals surface area (Å²) < 4.78 is 5.61. The van der Waals surface area contributed by atoms with Gasteiger partial charge in [-0.2, -0.15) is 0 Å². The standard InChI is InChI=1S/C16H18N2O2/c1-3-9-20-14-6-4-5-12(10-14)15-11-13(7-8-18-15)16(19)17-2/h4-8,10-11H,3,9H2,1-2H3,(H,17,19). The molecule has 0 saturated carbocycles. The van der Waals surface area contributed by atoms with Crippen molar-refractivity contribution < 1.29 is 9.53 Å². The minimum Gasteiger partial charge on any atom is -0.494 e. The maximum absolute atomic E-state index is 11.6. The molecule has 0 fully saturated rings. The second kappa shape index (κ2) is 6.70. The summed E-state index contributed by atoms with van der Waals surface area (Å²) in [5, 5.41) is 2.61. The fourth-order valence-electron chi connectivity index (χ4n) is 1.84. The van der Waals surface area contributed by atoms with E-state index < -0.39 is 0 Å². The number of carbonyl (C=O) groups excluding carboxylic acids is 1. The number of pyridine rings is 1. The zero-order valence-electron chi connectivity index (χ0n) is 11.7. The number of nitrogens with zero attached hydrogens (tertiary/aromatic N) is 1. The molecule has 2 rings (SSSR count). The predicted molar refractivity (Wildman–Crippen MR) is 78.8 cm³/mol. The molecule has 1 aromatic carbocycles. The van der Waals surface area contributed by atoms with Crippen molar-refractivity contribution in [1.29, 1.82) is 0 Å². The van der Waals surface area contributed by atoms with Crippen LogP contribution in [0.25, 0.3) is 11.3 Å². The third-order valence-corrected chi connectivity index (χ3v) is 2.85. The number of nitrogens with one attached hydrogen (secondary N) is 1. The second-order valence-corrected chi connectivity index (χ2v) is 4.39. The molecule has 104 valence electrons. The van der Waals surface area contributed by atoms with Crippen LogP contribution in [0.1, 0.15) is 23.7 Å². The van der Waals surface area contributed by atoms with Gasteiger partial charge in [0.25, 0.3) is 5.91 Å². The molecule has 1 heterocycles. The van der Waals surface area contributed by atoms with Crippen LogP contribution < -0.4 is 10.1 Å². The number of ether oxygens (including phenoxy) is 1. The molecule has 0 saturated heterocycles. The summed E-state index contributed by atoms with van der Waals surface area (Å²) in [7, 11) is 1.61. The second-order valence-electron chi connectivity index (χ2n) is 4.39. The summed E-state index contributed by atoms with van der Waals surface area (Å²) >= 11 is 0. The molecular weight excluding hydrogens is 252 g/mol. The molecule has 0 aliphatic rings. The molecule has 0 aliphatic carbocycles. The van der Waals surface area contributed by atoms with E-state index in [0.717, 1.165) is 23.4 Å². The molecule has 0 unspecified atom stereocenters. The van der Waals surface area contributed by atoms with Crippen molar-refractivity contribution in [3.8, 4) is 17.0 Å². The molecule has 1 aromatic heterocycles. The van der Waals surface area contributed by atoms with E-state index in [0.29, 0.717) is 12.2 Å². The van der Waals surface area contributed by atoms with Crippen LogP contribution in [0.4, 0.5) is 0 Å². The first kappa shape index (κ1) is 14.1. The Morgan fingerprint density at radius 3 is 2.90 bits per heavy atom. The lowest BCUT2D eigenvalue weighted by molar-refractivity contribution is 0.0963. The Hall–Kier alpha value is -2.36. The highest BCUT2D eigenvalue weighted by molar-refractivity contribution is 5.94. The molecule has 1 amide bonds.